The van der Waals surface area contributed by atoms with Crippen molar-refractivity contribution in [1.29, 1.82) is 0 Å². The predicted octanol–water partition coefficient (Wildman–Crippen LogP) is 2.43. The highest BCUT2D eigenvalue weighted by molar-refractivity contribution is 5.39. The second-order valence-corrected chi connectivity index (χ2v) is 4.04. The van der Waals surface area contributed by atoms with E-state index in [9.17, 15) is 0 Å². The Bertz CT molecular complexity index is 276. The number of hydrogen-bond donors (Lipinski definition) is 1. The van der Waals surface area contributed by atoms with Gasteiger partial charge in [0.25, 0.3) is 0 Å². The molecule has 0 aliphatic heterocycles. The van der Waals surface area contributed by atoms with E-state index in [-0.39, 0.29) is 0 Å². The molecular weight excluding hydrogens is 198 g/mol. The summed E-state index contributed by atoms with van der Waals surface area (Å²) in [5.41, 5.74) is 1.24. The third-order valence-electron chi connectivity index (χ3n) is 2.50. The van der Waals surface area contributed by atoms with Crippen LogP contribution in [0.2, 0.25) is 0 Å². The van der Waals surface area contributed by atoms with Crippen LogP contribution in [0, 0.1) is 0 Å². The largest absolute Gasteiger partial charge is 0.357 e. The second kappa shape index (κ2) is 7.23. The first-order valence-electron chi connectivity index (χ1n) is 6.16. The monoisotopic (exact) mass is 221 g/mol. The van der Waals surface area contributed by atoms with Crippen LogP contribution in [0.1, 0.15) is 32.3 Å². The van der Waals surface area contributed by atoms with Crippen LogP contribution in [-0.2, 0) is 6.54 Å². The molecule has 0 atom stereocenters. The van der Waals surface area contributed by atoms with Crippen molar-refractivity contribution in [2.45, 2.75) is 33.2 Å². The maximum absolute atomic E-state index is 4.52. The normalized spacial score (nSPS) is 10.4. The zero-order valence-corrected chi connectivity index (χ0v) is 10.7. The second-order valence-electron chi connectivity index (χ2n) is 4.04. The van der Waals surface area contributed by atoms with Crippen LogP contribution in [-0.4, -0.2) is 25.1 Å². The average molecular weight is 221 g/mol. The quantitative estimate of drug-likeness (QED) is 0.766. The van der Waals surface area contributed by atoms with Crippen LogP contribution in [0.4, 0.5) is 5.82 Å². The molecule has 0 aromatic carbocycles. The molecule has 0 aliphatic rings. The smallest absolute Gasteiger partial charge is 0.128 e. The van der Waals surface area contributed by atoms with Gasteiger partial charge in [-0.05, 0) is 31.5 Å². The zero-order valence-electron chi connectivity index (χ0n) is 10.7. The maximum Gasteiger partial charge on any atom is 0.128 e. The van der Waals surface area contributed by atoms with Crippen molar-refractivity contribution < 1.29 is 0 Å². The molecule has 0 saturated carbocycles. The molecule has 0 bridgehead atoms. The van der Waals surface area contributed by atoms with E-state index in [0.717, 1.165) is 25.5 Å². The Hall–Kier alpha value is -1.09. The molecule has 0 saturated heterocycles. The molecule has 0 radical (unpaired) electrons. The van der Waals surface area contributed by atoms with Crippen molar-refractivity contribution in [3.63, 3.8) is 0 Å². The first kappa shape index (κ1) is 13.0. The Balaban J connectivity index is 2.68. The minimum atomic E-state index is 0.884. The van der Waals surface area contributed by atoms with Crippen molar-refractivity contribution in [3.05, 3.63) is 23.9 Å². The molecular formula is C13H23N3. The fraction of sp³-hybridized carbons (Fsp3) is 0.615. The third kappa shape index (κ3) is 3.81. The van der Waals surface area contributed by atoms with E-state index >= 15 is 0 Å². The van der Waals surface area contributed by atoms with Gasteiger partial charge >= 0.3 is 0 Å². The van der Waals surface area contributed by atoms with Gasteiger partial charge in [0, 0.05) is 25.8 Å². The van der Waals surface area contributed by atoms with Crippen molar-refractivity contribution in [3.8, 4) is 0 Å². The Labute approximate surface area is 98.9 Å². The molecule has 1 N–H and O–H groups in total. The lowest BCUT2D eigenvalue weighted by atomic mass is 10.2. The summed E-state index contributed by atoms with van der Waals surface area (Å²) in [5, 5.41) is 3.13. The van der Waals surface area contributed by atoms with Gasteiger partial charge < -0.3 is 10.2 Å². The number of rotatable bonds is 7. The first-order valence-corrected chi connectivity index (χ1v) is 6.16. The minimum absolute atomic E-state index is 0.884. The summed E-state index contributed by atoms with van der Waals surface area (Å²) in [5.74, 6) is 1.10. The van der Waals surface area contributed by atoms with Crippen molar-refractivity contribution in [2.24, 2.45) is 0 Å². The van der Waals surface area contributed by atoms with Crippen LogP contribution < -0.4 is 10.2 Å². The van der Waals surface area contributed by atoms with Gasteiger partial charge in [-0.3, -0.25) is 0 Å². The highest BCUT2D eigenvalue weighted by Crippen LogP contribution is 2.12. The molecule has 1 heterocycles. The van der Waals surface area contributed by atoms with Crippen LogP contribution in [0.25, 0.3) is 0 Å². The van der Waals surface area contributed by atoms with Gasteiger partial charge in [-0.1, -0.05) is 19.9 Å². The topological polar surface area (TPSA) is 28.2 Å². The zero-order chi connectivity index (χ0) is 11.8. The fourth-order valence-corrected chi connectivity index (χ4v) is 1.79. The number of nitrogens with one attached hydrogen (secondary N) is 1. The number of anilines is 1. The summed E-state index contributed by atoms with van der Waals surface area (Å²) in [6.45, 7) is 7.48. The van der Waals surface area contributed by atoms with Gasteiger partial charge in [0.15, 0.2) is 0 Å². The molecule has 1 rings (SSSR count). The molecule has 1 aromatic rings. The summed E-state index contributed by atoms with van der Waals surface area (Å²) in [4.78, 5) is 6.87. The fourth-order valence-electron chi connectivity index (χ4n) is 1.79. The van der Waals surface area contributed by atoms with Gasteiger partial charge in [0.1, 0.15) is 5.82 Å². The van der Waals surface area contributed by atoms with Crippen LogP contribution >= 0.6 is 0 Å². The number of hydrogen-bond acceptors (Lipinski definition) is 3. The van der Waals surface area contributed by atoms with E-state index in [1.54, 1.807) is 0 Å². The molecule has 0 aliphatic carbocycles. The van der Waals surface area contributed by atoms with Gasteiger partial charge in [0.05, 0.1) is 0 Å². The van der Waals surface area contributed by atoms with Gasteiger partial charge in [-0.25, -0.2) is 4.98 Å². The van der Waals surface area contributed by atoms with Crippen LogP contribution in [0.3, 0.4) is 0 Å². The lowest BCUT2D eigenvalue weighted by molar-refractivity contribution is 0.732. The molecule has 3 nitrogen and oxygen atoms in total. The van der Waals surface area contributed by atoms with E-state index in [4.69, 9.17) is 0 Å². The Morgan fingerprint density at radius 3 is 2.31 bits per heavy atom. The molecule has 1 aromatic heterocycles. The lowest BCUT2D eigenvalue weighted by Crippen LogP contribution is -2.25. The summed E-state index contributed by atoms with van der Waals surface area (Å²) >= 11 is 0. The van der Waals surface area contributed by atoms with Crippen molar-refractivity contribution >= 4 is 5.82 Å². The maximum atomic E-state index is 4.52. The Kier molecular flexibility index (Phi) is 5.86. The van der Waals surface area contributed by atoms with Gasteiger partial charge in [-0.15, -0.1) is 0 Å². The van der Waals surface area contributed by atoms with Crippen LogP contribution in [0.5, 0.6) is 0 Å². The summed E-state index contributed by atoms with van der Waals surface area (Å²) < 4.78 is 0. The highest BCUT2D eigenvalue weighted by atomic mass is 15.2. The van der Waals surface area contributed by atoms with E-state index in [1.165, 1.54) is 18.4 Å². The summed E-state index contributed by atoms with van der Waals surface area (Å²) in [7, 11) is 1.95. The SMILES string of the molecule is CCCN(CCC)c1ccc(CNC)cn1. The standard InChI is InChI=1S/C13H23N3/c1-4-8-16(9-5-2)13-7-6-12(10-14-3)11-15-13/h6-7,11,14H,4-5,8-10H2,1-3H3. The highest BCUT2D eigenvalue weighted by Gasteiger charge is 2.05. The Morgan fingerprint density at radius 2 is 1.88 bits per heavy atom. The predicted molar refractivity (Wildman–Crippen MR) is 69.8 cm³/mol. The van der Waals surface area contributed by atoms with E-state index in [1.807, 2.05) is 13.2 Å². The van der Waals surface area contributed by atoms with Crippen molar-refractivity contribution in [2.75, 3.05) is 25.0 Å². The molecule has 0 spiro atoms. The van der Waals surface area contributed by atoms with Crippen molar-refractivity contribution in [1.82, 2.24) is 10.3 Å². The average Bonchev–Trinajstić information content (AvgIpc) is 2.30. The number of nitrogens with zero attached hydrogens (tertiary/aromatic N) is 2. The summed E-state index contributed by atoms with van der Waals surface area (Å²) in [6.07, 6.45) is 4.30. The van der Waals surface area contributed by atoms with Crippen LogP contribution in [0.15, 0.2) is 18.3 Å². The minimum Gasteiger partial charge on any atom is -0.357 e. The van der Waals surface area contributed by atoms with Gasteiger partial charge in [-0.2, -0.15) is 0 Å². The van der Waals surface area contributed by atoms with E-state index in [0.29, 0.717) is 0 Å². The first-order chi connectivity index (χ1) is 7.81. The molecule has 0 unspecified atom stereocenters. The molecule has 3 heteroatoms. The van der Waals surface area contributed by atoms with E-state index in [2.05, 4.69) is 41.2 Å². The van der Waals surface area contributed by atoms with Gasteiger partial charge in [0.2, 0.25) is 0 Å². The summed E-state index contributed by atoms with van der Waals surface area (Å²) in [6, 6.07) is 4.27. The number of aromatic nitrogens is 1. The molecule has 90 valence electrons. The number of pyridine rings is 1. The molecule has 0 amide bonds. The Morgan fingerprint density at radius 1 is 1.19 bits per heavy atom. The lowest BCUT2D eigenvalue weighted by Gasteiger charge is -2.22. The third-order valence-corrected chi connectivity index (χ3v) is 2.50. The van der Waals surface area contributed by atoms with E-state index < -0.39 is 0 Å². The molecule has 0 fully saturated rings. The molecule has 16 heavy (non-hydrogen) atoms.